The van der Waals surface area contributed by atoms with Crippen molar-refractivity contribution in [2.75, 3.05) is 5.75 Å². The fourth-order valence-corrected chi connectivity index (χ4v) is 4.10. The summed E-state index contributed by atoms with van der Waals surface area (Å²) >= 11 is 2.91. The molecule has 0 spiro atoms. The Morgan fingerprint density at radius 2 is 2.15 bits per heavy atom. The molecule has 0 atom stereocenters. The highest BCUT2D eigenvalue weighted by Crippen LogP contribution is 2.27. The van der Waals surface area contributed by atoms with Crippen LogP contribution in [0.3, 0.4) is 0 Å². The van der Waals surface area contributed by atoms with Crippen molar-refractivity contribution in [3.63, 3.8) is 0 Å². The van der Waals surface area contributed by atoms with Gasteiger partial charge < -0.3 is 9.88 Å². The molecule has 3 heterocycles. The maximum absolute atomic E-state index is 12.1. The molecule has 8 heteroatoms. The monoisotopic (exact) mass is 395 g/mol. The Bertz CT molecular complexity index is 1100. The number of para-hydroxylation sites is 1. The molecule has 0 saturated carbocycles. The summed E-state index contributed by atoms with van der Waals surface area (Å²) in [5.41, 5.74) is 2.57. The average Bonchev–Trinajstić information content (AvgIpc) is 3.32. The van der Waals surface area contributed by atoms with Crippen molar-refractivity contribution in [2.24, 2.45) is 0 Å². The number of hydrogen-bond acceptors (Lipinski definition) is 6. The number of nitrogens with zero attached hydrogens (tertiary/aromatic N) is 4. The highest BCUT2D eigenvalue weighted by molar-refractivity contribution is 7.99. The number of allylic oxidation sites excluding steroid dienone is 1. The molecule has 0 aliphatic rings. The molecule has 4 rings (SSSR count). The number of benzene rings is 1. The lowest BCUT2D eigenvalue weighted by Gasteiger charge is -2.04. The van der Waals surface area contributed by atoms with Gasteiger partial charge in [-0.15, -0.1) is 28.1 Å². The Kier molecular flexibility index (Phi) is 5.17. The number of carbonyl (C=O) groups excluding carboxylic acids is 1. The lowest BCUT2D eigenvalue weighted by Crippen LogP contribution is -2.24. The molecule has 0 fully saturated rings. The quantitative estimate of drug-likeness (QED) is 0.382. The molecular formula is C19H17N5OS2. The van der Waals surface area contributed by atoms with Gasteiger partial charge in [0.25, 0.3) is 0 Å². The number of rotatable bonds is 7. The summed E-state index contributed by atoms with van der Waals surface area (Å²) in [7, 11) is 0. The minimum Gasteiger partial charge on any atom is -0.350 e. The zero-order chi connectivity index (χ0) is 18.6. The van der Waals surface area contributed by atoms with E-state index < -0.39 is 0 Å². The van der Waals surface area contributed by atoms with E-state index in [1.54, 1.807) is 11.3 Å². The van der Waals surface area contributed by atoms with Gasteiger partial charge in [-0.05, 0) is 17.5 Å². The molecule has 0 unspecified atom stereocenters. The number of aromatic nitrogens is 4. The van der Waals surface area contributed by atoms with Crippen LogP contribution in [0.5, 0.6) is 0 Å². The molecule has 6 nitrogen and oxygen atoms in total. The first-order chi connectivity index (χ1) is 13.3. The summed E-state index contributed by atoms with van der Waals surface area (Å²) < 4.78 is 2.06. The second kappa shape index (κ2) is 7.89. The van der Waals surface area contributed by atoms with Gasteiger partial charge in [-0.2, -0.15) is 0 Å². The Hall–Kier alpha value is -2.71. The number of amides is 1. The standard InChI is InChI=1S/C19H17N5OS2/c1-2-9-24-15-8-4-3-7-14(15)17-18(24)21-19(23-22-17)27-12-16(25)20-11-13-6-5-10-26-13/h2-8,10H,1,9,11-12H2,(H,20,25). The second-order valence-corrected chi connectivity index (χ2v) is 7.80. The zero-order valence-corrected chi connectivity index (χ0v) is 16.1. The van der Waals surface area contributed by atoms with E-state index in [1.807, 2.05) is 47.9 Å². The molecule has 1 N–H and O–H groups in total. The van der Waals surface area contributed by atoms with E-state index in [9.17, 15) is 4.79 Å². The average molecular weight is 396 g/mol. The fourth-order valence-electron chi connectivity index (χ4n) is 2.84. The van der Waals surface area contributed by atoms with Crippen LogP contribution in [0.15, 0.2) is 59.6 Å². The van der Waals surface area contributed by atoms with Crippen molar-refractivity contribution in [3.05, 3.63) is 59.3 Å². The number of thiophene rings is 1. The summed E-state index contributed by atoms with van der Waals surface area (Å²) in [5.74, 6) is 0.198. The Labute approximate surface area is 164 Å². The third-order valence-electron chi connectivity index (χ3n) is 4.04. The third-order valence-corrected chi connectivity index (χ3v) is 5.75. The molecule has 3 aromatic heterocycles. The first-order valence-corrected chi connectivity index (χ1v) is 10.3. The van der Waals surface area contributed by atoms with E-state index >= 15 is 0 Å². The van der Waals surface area contributed by atoms with Crippen molar-refractivity contribution in [1.29, 1.82) is 0 Å². The van der Waals surface area contributed by atoms with Crippen LogP contribution in [0.1, 0.15) is 4.88 Å². The molecule has 1 aromatic carbocycles. The van der Waals surface area contributed by atoms with Crippen molar-refractivity contribution in [2.45, 2.75) is 18.2 Å². The predicted octanol–water partition coefficient (Wildman–Crippen LogP) is 3.64. The van der Waals surface area contributed by atoms with Crippen molar-refractivity contribution < 1.29 is 4.79 Å². The van der Waals surface area contributed by atoms with Gasteiger partial charge in [0.15, 0.2) is 5.65 Å². The largest absolute Gasteiger partial charge is 0.350 e. The summed E-state index contributed by atoms with van der Waals surface area (Å²) in [5, 5.41) is 15.0. The number of fused-ring (bicyclic) bond motifs is 3. The van der Waals surface area contributed by atoms with Crippen LogP contribution in [0.4, 0.5) is 0 Å². The first-order valence-electron chi connectivity index (χ1n) is 8.40. The third kappa shape index (κ3) is 3.72. The number of nitrogens with one attached hydrogen (secondary N) is 1. The van der Waals surface area contributed by atoms with Crippen LogP contribution in [-0.4, -0.2) is 31.4 Å². The van der Waals surface area contributed by atoms with E-state index in [0.29, 0.717) is 18.2 Å². The molecule has 0 saturated heterocycles. The van der Waals surface area contributed by atoms with Crippen LogP contribution in [-0.2, 0) is 17.9 Å². The van der Waals surface area contributed by atoms with Gasteiger partial charge in [0.1, 0.15) is 5.52 Å². The highest BCUT2D eigenvalue weighted by Gasteiger charge is 2.14. The lowest BCUT2D eigenvalue weighted by atomic mass is 10.2. The predicted molar refractivity (Wildman–Crippen MR) is 110 cm³/mol. The van der Waals surface area contributed by atoms with Crippen LogP contribution in [0, 0.1) is 0 Å². The summed E-state index contributed by atoms with van der Waals surface area (Å²) in [6.45, 7) is 5.01. The van der Waals surface area contributed by atoms with Gasteiger partial charge in [-0.3, -0.25) is 4.79 Å². The number of hydrogen-bond donors (Lipinski definition) is 1. The zero-order valence-electron chi connectivity index (χ0n) is 14.5. The van der Waals surface area contributed by atoms with Gasteiger partial charge in [-0.1, -0.05) is 42.1 Å². The van der Waals surface area contributed by atoms with E-state index in [1.165, 1.54) is 11.8 Å². The maximum Gasteiger partial charge on any atom is 0.230 e. The van der Waals surface area contributed by atoms with Gasteiger partial charge in [0, 0.05) is 16.8 Å². The van der Waals surface area contributed by atoms with Crippen LogP contribution >= 0.6 is 23.1 Å². The molecule has 136 valence electrons. The van der Waals surface area contributed by atoms with Gasteiger partial charge in [-0.25, -0.2) is 4.98 Å². The minimum atomic E-state index is -0.0521. The smallest absolute Gasteiger partial charge is 0.230 e. The summed E-state index contributed by atoms with van der Waals surface area (Å²) in [6, 6.07) is 12.0. The number of thioether (sulfide) groups is 1. The summed E-state index contributed by atoms with van der Waals surface area (Å²) in [4.78, 5) is 17.8. The van der Waals surface area contributed by atoms with Crippen LogP contribution in [0.2, 0.25) is 0 Å². The SMILES string of the molecule is C=CCn1c2ccccc2c2nnc(SCC(=O)NCc3cccs3)nc21. The molecule has 27 heavy (non-hydrogen) atoms. The highest BCUT2D eigenvalue weighted by atomic mass is 32.2. The normalized spacial score (nSPS) is 11.1. The molecule has 0 bridgehead atoms. The van der Waals surface area contributed by atoms with Gasteiger partial charge >= 0.3 is 0 Å². The fraction of sp³-hybridized carbons (Fsp3) is 0.158. The Morgan fingerprint density at radius 3 is 2.96 bits per heavy atom. The minimum absolute atomic E-state index is 0.0521. The van der Waals surface area contributed by atoms with Crippen molar-refractivity contribution in [1.82, 2.24) is 25.1 Å². The van der Waals surface area contributed by atoms with E-state index in [2.05, 4.69) is 31.6 Å². The molecule has 0 radical (unpaired) electrons. The number of carbonyl (C=O) groups is 1. The lowest BCUT2D eigenvalue weighted by molar-refractivity contribution is -0.118. The topological polar surface area (TPSA) is 72.7 Å². The Balaban J connectivity index is 1.52. The maximum atomic E-state index is 12.1. The molecule has 0 aliphatic heterocycles. The van der Waals surface area contributed by atoms with E-state index in [4.69, 9.17) is 0 Å². The summed E-state index contributed by atoms with van der Waals surface area (Å²) in [6.07, 6.45) is 1.83. The van der Waals surface area contributed by atoms with Crippen molar-refractivity contribution >= 4 is 51.1 Å². The first kappa shape index (κ1) is 17.7. The molecule has 0 aliphatic carbocycles. The molecule has 4 aromatic rings. The van der Waals surface area contributed by atoms with Crippen molar-refractivity contribution in [3.8, 4) is 0 Å². The van der Waals surface area contributed by atoms with E-state index in [0.717, 1.165) is 26.9 Å². The van der Waals surface area contributed by atoms with Crippen LogP contribution in [0.25, 0.3) is 22.1 Å². The van der Waals surface area contributed by atoms with Gasteiger partial charge in [0.2, 0.25) is 11.1 Å². The molecular weight excluding hydrogens is 378 g/mol. The van der Waals surface area contributed by atoms with E-state index in [-0.39, 0.29) is 11.7 Å². The second-order valence-electron chi connectivity index (χ2n) is 5.83. The van der Waals surface area contributed by atoms with Gasteiger partial charge in [0.05, 0.1) is 17.8 Å². The molecule has 1 amide bonds. The Morgan fingerprint density at radius 1 is 1.26 bits per heavy atom. The van der Waals surface area contributed by atoms with Crippen LogP contribution < -0.4 is 5.32 Å².